The summed E-state index contributed by atoms with van der Waals surface area (Å²) in [7, 11) is -1.30. The van der Waals surface area contributed by atoms with Crippen molar-refractivity contribution < 1.29 is 23.4 Å². The highest BCUT2D eigenvalue weighted by molar-refractivity contribution is 6.76. The van der Waals surface area contributed by atoms with Gasteiger partial charge in [0.05, 0.1) is 19.0 Å². The molecule has 0 aliphatic carbocycles. The zero-order chi connectivity index (χ0) is 26.7. The molecular weight excluding hydrogens is 520 g/mol. The number of benzene rings is 1. The highest BCUT2D eigenvalue weighted by Crippen LogP contribution is 2.36. The number of amides is 1. The lowest BCUT2D eigenvalue weighted by Crippen LogP contribution is -2.31. The second-order valence-corrected chi connectivity index (χ2v) is 16.3. The van der Waals surface area contributed by atoms with E-state index in [9.17, 15) is 18.7 Å². The van der Waals surface area contributed by atoms with Gasteiger partial charge in [0.2, 0.25) is 5.91 Å². The minimum atomic E-state index is -1.30. The predicted octanol–water partition coefficient (Wildman–Crippen LogP) is 4.67. The van der Waals surface area contributed by atoms with Crippen LogP contribution in [-0.2, 0) is 29.3 Å². The topological polar surface area (TPSA) is 93.4 Å². The molecule has 1 aliphatic heterocycles. The van der Waals surface area contributed by atoms with Crippen LogP contribution in [0.2, 0.25) is 30.7 Å². The van der Waals surface area contributed by atoms with E-state index in [4.69, 9.17) is 16.3 Å². The third kappa shape index (κ3) is 6.23. The number of carbonyl (C=O) groups excluding carboxylic acids is 1. The first-order chi connectivity index (χ1) is 17.6. The van der Waals surface area contributed by atoms with Crippen molar-refractivity contribution in [2.45, 2.75) is 51.9 Å². The Balaban J connectivity index is 1.63. The molecule has 0 spiro atoms. The number of halogens is 3. The van der Waals surface area contributed by atoms with Crippen molar-refractivity contribution in [2.75, 3.05) is 18.1 Å². The molecule has 0 bridgehead atoms. The number of rotatable bonds is 10. The number of aromatic nitrogens is 4. The van der Waals surface area contributed by atoms with Crippen LogP contribution in [0, 0.1) is 17.6 Å². The molecule has 1 aliphatic rings. The second kappa shape index (κ2) is 11.3. The van der Waals surface area contributed by atoms with Crippen molar-refractivity contribution in [1.29, 1.82) is 0 Å². The summed E-state index contributed by atoms with van der Waals surface area (Å²) < 4.78 is 35.4. The van der Waals surface area contributed by atoms with Gasteiger partial charge in [0, 0.05) is 38.3 Å². The molecule has 37 heavy (non-hydrogen) atoms. The van der Waals surface area contributed by atoms with Crippen LogP contribution in [0.1, 0.15) is 17.5 Å². The number of hydrogen-bond donors (Lipinski definition) is 1. The smallest absolute Gasteiger partial charge is 0.231 e. The van der Waals surface area contributed by atoms with Gasteiger partial charge in [0.15, 0.2) is 0 Å². The van der Waals surface area contributed by atoms with E-state index in [1.165, 1.54) is 6.20 Å². The molecule has 3 aromatic rings. The number of aliphatic hydroxyl groups is 1. The van der Waals surface area contributed by atoms with E-state index in [0.29, 0.717) is 47.8 Å². The average molecular weight is 550 g/mol. The lowest BCUT2D eigenvalue weighted by Gasteiger charge is -2.21. The molecule has 2 aromatic heterocycles. The van der Waals surface area contributed by atoms with Crippen LogP contribution in [0.25, 0.3) is 11.3 Å². The van der Waals surface area contributed by atoms with Gasteiger partial charge in [-0.25, -0.2) is 13.5 Å². The van der Waals surface area contributed by atoms with E-state index in [0.717, 1.165) is 18.2 Å². The Hall–Kier alpha value is -2.73. The molecule has 4 rings (SSSR count). The second-order valence-electron chi connectivity index (χ2n) is 10.3. The Bertz CT molecular complexity index is 1250. The minimum Gasteiger partial charge on any atom is -0.391 e. The fourth-order valence-corrected chi connectivity index (χ4v) is 5.23. The zero-order valence-electron chi connectivity index (χ0n) is 21.0. The van der Waals surface area contributed by atoms with Gasteiger partial charge in [-0.2, -0.15) is 15.3 Å². The maximum absolute atomic E-state index is 14.0. The number of ether oxygens (including phenoxy) is 1. The van der Waals surface area contributed by atoms with Crippen molar-refractivity contribution in [3.8, 4) is 11.3 Å². The SMILES string of the molecule is C[Si](C)(C)CCOCn1nc(-c2ccnnc2)c(CO)c1N1CCC(Cc2cc(F)c(Cl)c(F)c2)C1=O. The Labute approximate surface area is 220 Å². The van der Waals surface area contributed by atoms with Crippen molar-refractivity contribution in [3.05, 3.63) is 58.4 Å². The number of carbonyl (C=O) groups is 1. The lowest BCUT2D eigenvalue weighted by molar-refractivity contribution is -0.120. The van der Waals surface area contributed by atoms with Crippen LogP contribution in [0.4, 0.5) is 14.6 Å². The fourth-order valence-electron chi connectivity index (χ4n) is 4.37. The van der Waals surface area contributed by atoms with Crippen LogP contribution in [0.3, 0.4) is 0 Å². The molecule has 8 nitrogen and oxygen atoms in total. The van der Waals surface area contributed by atoms with E-state index in [2.05, 4.69) is 34.9 Å². The van der Waals surface area contributed by atoms with Gasteiger partial charge in [-0.3, -0.25) is 9.69 Å². The van der Waals surface area contributed by atoms with E-state index in [1.807, 2.05) is 0 Å². The minimum absolute atomic E-state index is 0.105. The molecule has 1 saturated heterocycles. The Morgan fingerprint density at radius 1 is 1.22 bits per heavy atom. The number of hydrogen-bond acceptors (Lipinski definition) is 6. The third-order valence-electron chi connectivity index (χ3n) is 6.34. The van der Waals surface area contributed by atoms with Crippen molar-refractivity contribution in [3.63, 3.8) is 0 Å². The maximum atomic E-state index is 14.0. The van der Waals surface area contributed by atoms with E-state index in [-0.39, 0.29) is 25.7 Å². The van der Waals surface area contributed by atoms with Crippen molar-refractivity contribution in [2.24, 2.45) is 5.92 Å². The summed E-state index contributed by atoms with van der Waals surface area (Å²) in [4.78, 5) is 15.1. The summed E-state index contributed by atoms with van der Waals surface area (Å²) in [5, 5.41) is 22.2. The van der Waals surface area contributed by atoms with Gasteiger partial charge in [-0.05, 0) is 42.6 Å². The number of aliphatic hydroxyl groups excluding tert-OH is 1. The summed E-state index contributed by atoms with van der Waals surface area (Å²) in [5.74, 6) is -1.97. The largest absolute Gasteiger partial charge is 0.391 e. The first-order valence-corrected chi connectivity index (χ1v) is 16.2. The van der Waals surface area contributed by atoms with Gasteiger partial charge in [-0.15, -0.1) is 0 Å². The lowest BCUT2D eigenvalue weighted by atomic mass is 9.98. The first kappa shape index (κ1) is 27.3. The van der Waals surface area contributed by atoms with Gasteiger partial charge >= 0.3 is 0 Å². The van der Waals surface area contributed by atoms with Crippen molar-refractivity contribution in [1.82, 2.24) is 20.0 Å². The Morgan fingerprint density at radius 2 is 1.95 bits per heavy atom. The normalized spacial score (nSPS) is 16.1. The Kier molecular flexibility index (Phi) is 8.37. The molecule has 1 atom stereocenters. The Morgan fingerprint density at radius 3 is 2.57 bits per heavy atom. The number of anilines is 1. The molecule has 1 aromatic carbocycles. The number of nitrogens with zero attached hydrogens (tertiary/aromatic N) is 5. The quantitative estimate of drug-likeness (QED) is 0.224. The molecular formula is C25H30ClF2N5O3Si. The van der Waals surface area contributed by atoms with Gasteiger partial charge in [0.1, 0.15) is 34.9 Å². The standard InChI is InChI=1S/C25H30ClF2N5O3Si/c1-37(2,3)9-8-36-15-33-24(19(14-34)23(31-33)18-4-6-29-30-13-18)32-7-5-17(25(32)35)10-16-11-20(27)22(26)21(28)12-16/h4,6,11-13,17,34H,5,7-10,14-15H2,1-3H3. The van der Waals surface area contributed by atoms with Gasteiger partial charge in [-0.1, -0.05) is 31.2 Å². The fraction of sp³-hybridized carbons (Fsp3) is 0.440. The first-order valence-electron chi connectivity index (χ1n) is 12.1. The van der Waals surface area contributed by atoms with Crippen LogP contribution in [0.15, 0.2) is 30.6 Å². The molecule has 0 radical (unpaired) electrons. The molecule has 1 unspecified atom stereocenters. The van der Waals surface area contributed by atoms with Crippen LogP contribution in [0.5, 0.6) is 0 Å². The van der Waals surface area contributed by atoms with Crippen LogP contribution in [-0.4, -0.2) is 52.2 Å². The highest BCUT2D eigenvalue weighted by atomic mass is 35.5. The summed E-state index contributed by atoms with van der Waals surface area (Å²) >= 11 is 5.60. The monoisotopic (exact) mass is 549 g/mol. The van der Waals surface area contributed by atoms with Crippen LogP contribution >= 0.6 is 11.6 Å². The molecule has 1 amide bonds. The molecule has 1 fully saturated rings. The molecule has 12 heteroatoms. The summed E-state index contributed by atoms with van der Waals surface area (Å²) in [5.41, 5.74) is 1.96. The maximum Gasteiger partial charge on any atom is 0.231 e. The summed E-state index contributed by atoms with van der Waals surface area (Å²) in [6.07, 6.45) is 3.71. The molecule has 0 saturated carbocycles. The molecule has 1 N–H and O–H groups in total. The zero-order valence-corrected chi connectivity index (χ0v) is 22.8. The third-order valence-corrected chi connectivity index (χ3v) is 8.41. The van der Waals surface area contributed by atoms with Gasteiger partial charge < -0.3 is 9.84 Å². The predicted molar refractivity (Wildman–Crippen MR) is 139 cm³/mol. The van der Waals surface area contributed by atoms with Crippen molar-refractivity contribution >= 4 is 31.4 Å². The van der Waals surface area contributed by atoms with Gasteiger partial charge in [0.25, 0.3) is 0 Å². The van der Waals surface area contributed by atoms with E-state index in [1.54, 1.807) is 21.8 Å². The highest BCUT2D eigenvalue weighted by Gasteiger charge is 2.37. The summed E-state index contributed by atoms with van der Waals surface area (Å²) in [6, 6.07) is 5.01. The summed E-state index contributed by atoms with van der Waals surface area (Å²) in [6.45, 7) is 7.45. The molecule has 198 valence electrons. The van der Waals surface area contributed by atoms with E-state index < -0.39 is 30.6 Å². The molecule has 3 heterocycles. The average Bonchev–Trinajstić information content (AvgIpc) is 3.39. The van der Waals surface area contributed by atoms with E-state index >= 15 is 0 Å². The van der Waals surface area contributed by atoms with Crippen LogP contribution < -0.4 is 4.90 Å².